The number of rotatable bonds is 8. The van der Waals surface area contributed by atoms with E-state index in [0.29, 0.717) is 21.9 Å². The van der Waals surface area contributed by atoms with Crippen molar-refractivity contribution in [3.05, 3.63) is 124 Å². The first kappa shape index (κ1) is 25.5. The van der Waals surface area contributed by atoms with Gasteiger partial charge in [0.05, 0.1) is 0 Å². The van der Waals surface area contributed by atoms with Crippen LogP contribution in [0.25, 0.3) is 21.7 Å². The number of hydrogen-bond donors (Lipinski definition) is 2. The van der Waals surface area contributed by atoms with Gasteiger partial charge >= 0.3 is 17.7 Å². The van der Waals surface area contributed by atoms with Crippen molar-refractivity contribution in [1.82, 2.24) is 5.32 Å². The van der Waals surface area contributed by atoms with Crippen molar-refractivity contribution in [2.24, 2.45) is 0 Å². The van der Waals surface area contributed by atoms with Crippen LogP contribution in [-0.4, -0.2) is 23.2 Å². The van der Waals surface area contributed by atoms with Gasteiger partial charge in [0.15, 0.2) is 0 Å². The van der Waals surface area contributed by atoms with Crippen LogP contribution in [0.2, 0.25) is 0 Å². The Labute approximate surface area is 223 Å². The van der Waals surface area contributed by atoms with E-state index in [-0.39, 0.29) is 25.4 Å². The average Bonchev–Trinajstić information content (AvgIpc) is 2.95. The zero-order valence-electron chi connectivity index (χ0n) is 20.8. The maximum atomic E-state index is 13.2. The van der Waals surface area contributed by atoms with Crippen LogP contribution < -0.4 is 10.9 Å². The lowest BCUT2D eigenvalue weighted by atomic mass is 10.0. The van der Waals surface area contributed by atoms with Crippen LogP contribution in [0.15, 0.2) is 106 Å². The molecule has 0 bridgehead atoms. The van der Waals surface area contributed by atoms with E-state index in [0.717, 1.165) is 16.5 Å². The van der Waals surface area contributed by atoms with Gasteiger partial charge in [0.2, 0.25) is 0 Å². The second kappa shape index (κ2) is 11.5. The van der Waals surface area contributed by atoms with Gasteiger partial charge in [0.1, 0.15) is 30.6 Å². The molecule has 0 unspecified atom stereocenters. The number of aromatic hydroxyl groups is 1. The zero-order chi connectivity index (χ0) is 27.2. The molecular formula is C31H25NO7. The molecule has 5 rings (SSSR count). The van der Waals surface area contributed by atoms with Crippen LogP contribution in [-0.2, 0) is 33.9 Å². The number of carbonyl (C=O) groups is 2. The molecule has 0 saturated heterocycles. The van der Waals surface area contributed by atoms with Crippen molar-refractivity contribution in [1.29, 1.82) is 0 Å². The maximum absolute atomic E-state index is 13.2. The molecule has 2 N–H and O–H groups in total. The maximum Gasteiger partial charge on any atom is 0.408 e. The molecule has 0 aliphatic heterocycles. The predicted molar refractivity (Wildman–Crippen MR) is 145 cm³/mol. The third-order valence-corrected chi connectivity index (χ3v) is 6.23. The number of alkyl carbamates (subject to hydrolysis) is 1. The highest BCUT2D eigenvalue weighted by molar-refractivity contribution is 6.07. The number of fused-ring (bicyclic) bond motifs is 3. The molecule has 4 aromatic carbocycles. The lowest BCUT2D eigenvalue weighted by molar-refractivity contribution is -0.147. The van der Waals surface area contributed by atoms with Crippen molar-refractivity contribution in [3.63, 3.8) is 0 Å². The third kappa shape index (κ3) is 6.24. The van der Waals surface area contributed by atoms with Crippen molar-refractivity contribution in [3.8, 4) is 5.75 Å². The Kier molecular flexibility index (Phi) is 7.54. The summed E-state index contributed by atoms with van der Waals surface area (Å²) in [5, 5.41) is 14.6. The summed E-state index contributed by atoms with van der Waals surface area (Å²) in [5.74, 6) is -0.648. The Morgan fingerprint density at radius 2 is 1.51 bits per heavy atom. The van der Waals surface area contributed by atoms with E-state index in [1.54, 1.807) is 30.3 Å². The van der Waals surface area contributed by atoms with Crippen LogP contribution in [0.4, 0.5) is 4.79 Å². The first-order chi connectivity index (χ1) is 19.0. The number of benzene rings is 4. The Bertz CT molecular complexity index is 1680. The van der Waals surface area contributed by atoms with E-state index in [1.807, 2.05) is 60.7 Å². The van der Waals surface area contributed by atoms with Gasteiger partial charge in [-0.25, -0.2) is 14.4 Å². The molecule has 1 atom stereocenters. The molecular weight excluding hydrogens is 498 g/mol. The lowest BCUT2D eigenvalue weighted by Gasteiger charge is -2.18. The van der Waals surface area contributed by atoms with E-state index in [2.05, 4.69) is 5.32 Å². The molecule has 1 heterocycles. The molecule has 8 heteroatoms. The number of hydrogen-bond acceptors (Lipinski definition) is 7. The van der Waals surface area contributed by atoms with E-state index in [9.17, 15) is 19.5 Å². The Morgan fingerprint density at radius 3 is 2.26 bits per heavy atom. The number of carbonyl (C=O) groups excluding carboxylic acids is 2. The van der Waals surface area contributed by atoms with Gasteiger partial charge in [0.25, 0.3) is 0 Å². The van der Waals surface area contributed by atoms with Crippen molar-refractivity contribution in [2.45, 2.75) is 25.7 Å². The number of esters is 1. The van der Waals surface area contributed by atoms with E-state index < -0.39 is 23.7 Å². The first-order valence-corrected chi connectivity index (χ1v) is 12.3. The smallest absolute Gasteiger partial charge is 0.408 e. The van der Waals surface area contributed by atoms with Crippen LogP contribution in [0, 0.1) is 0 Å². The summed E-state index contributed by atoms with van der Waals surface area (Å²) in [6.45, 7) is -0.201. The van der Waals surface area contributed by atoms with Crippen LogP contribution in [0.5, 0.6) is 5.75 Å². The molecule has 0 aliphatic carbocycles. The van der Waals surface area contributed by atoms with Crippen molar-refractivity contribution >= 4 is 33.8 Å². The monoisotopic (exact) mass is 523 g/mol. The topological polar surface area (TPSA) is 115 Å². The summed E-state index contributed by atoms with van der Waals surface area (Å²) in [6, 6.07) is 26.9. The van der Waals surface area contributed by atoms with Gasteiger partial charge in [-0.3, -0.25) is 0 Å². The van der Waals surface area contributed by atoms with Gasteiger partial charge in [-0.1, -0.05) is 72.8 Å². The number of ether oxygens (including phenoxy) is 2. The summed E-state index contributed by atoms with van der Waals surface area (Å²) in [4.78, 5) is 38.0. The number of amides is 1. The fourth-order valence-electron chi connectivity index (χ4n) is 4.37. The summed E-state index contributed by atoms with van der Waals surface area (Å²) in [5.41, 5.74) is 1.74. The van der Waals surface area contributed by atoms with E-state index in [4.69, 9.17) is 13.9 Å². The molecule has 0 saturated carbocycles. The zero-order valence-corrected chi connectivity index (χ0v) is 20.8. The Morgan fingerprint density at radius 1 is 0.821 bits per heavy atom. The third-order valence-electron chi connectivity index (χ3n) is 6.23. The number of phenolic OH excluding ortho intramolecular Hbond substituents is 1. The second-order valence-corrected chi connectivity index (χ2v) is 8.99. The summed E-state index contributed by atoms with van der Waals surface area (Å²) >= 11 is 0. The fourth-order valence-corrected chi connectivity index (χ4v) is 4.37. The molecule has 0 aliphatic rings. The SMILES string of the molecule is O=C(N[C@@H](Cc1ccccc1)C(=O)OCc1cc(=O)oc2ccc3ccc(O)cc3c12)OCc1ccccc1. The normalized spacial score (nSPS) is 11.7. The molecule has 196 valence electrons. The molecule has 0 spiro atoms. The Hall–Kier alpha value is -5.11. The summed E-state index contributed by atoms with van der Waals surface area (Å²) in [7, 11) is 0. The van der Waals surface area contributed by atoms with Gasteiger partial charge in [0, 0.05) is 23.4 Å². The molecule has 0 fully saturated rings. The van der Waals surface area contributed by atoms with E-state index >= 15 is 0 Å². The average molecular weight is 524 g/mol. The quantitative estimate of drug-likeness (QED) is 0.163. The van der Waals surface area contributed by atoms with Gasteiger partial charge in [-0.2, -0.15) is 0 Å². The van der Waals surface area contributed by atoms with Gasteiger partial charge in [-0.05, 0) is 40.1 Å². The van der Waals surface area contributed by atoms with Gasteiger partial charge in [-0.15, -0.1) is 0 Å². The Balaban J connectivity index is 1.36. The number of nitrogens with one attached hydrogen (secondary N) is 1. The minimum Gasteiger partial charge on any atom is -0.508 e. The standard InChI is InChI=1S/C31H25NO7/c33-24-13-11-22-12-14-27-29(25(22)17-24)23(16-28(34)39-27)19-37-30(35)26(15-20-7-3-1-4-8-20)32-31(36)38-18-21-9-5-2-6-10-21/h1-14,16-17,26,33H,15,18-19H2,(H,32,36)/t26-/m0/s1. The lowest BCUT2D eigenvalue weighted by Crippen LogP contribution is -2.43. The first-order valence-electron chi connectivity index (χ1n) is 12.3. The molecule has 0 radical (unpaired) electrons. The number of phenols is 1. The van der Waals surface area contributed by atoms with Crippen molar-refractivity contribution in [2.75, 3.05) is 0 Å². The summed E-state index contributed by atoms with van der Waals surface area (Å²) in [6.07, 6.45) is -0.585. The highest BCUT2D eigenvalue weighted by atomic mass is 16.6. The molecule has 1 aromatic heterocycles. The summed E-state index contributed by atoms with van der Waals surface area (Å²) < 4.78 is 16.3. The predicted octanol–water partition coefficient (Wildman–Crippen LogP) is 5.23. The van der Waals surface area contributed by atoms with E-state index in [1.165, 1.54) is 6.07 Å². The van der Waals surface area contributed by atoms with Crippen molar-refractivity contribution < 1.29 is 28.6 Å². The minimum atomic E-state index is -1.04. The van der Waals surface area contributed by atoms with Gasteiger partial charge < -0.3 is 24.3 Å². The highest BCUT2D eigenvalue weighted by Crippen LogP contribution is 2.30. The van der Waals surface area contributed by atoms with Crippen LogP contribution in [0.1, 0.15) is 16.7 Å². The fraction of sp³-hybridized carbons (Fsp3) is 0.129. The minimum absolute atomic E-state index is 0.0466. The largest absolute Gasteiger partial charge is 0.508 e. The second-order valence-electron chi connectivity index (χ2n) is 8.99. The highest BCUT2D eigenvalue weighted by Gasteiger charge is 2.24. The molecule has 5 aromatic rings. The van der Waals surface area contributed by atoms with Crippen LogP contribution >= 0.6 is 0 Å². The molecule has 39 heavy (non-hydrogen) atoms. The van der Waals surface area contributed by atoms with Crippen LogP contribution in [0.3, 0.4) is 0 Å². The molecule has 8 nitrogen and oxygen atoms in total. The molecule has 1 amide bonds.